The van der Waals surface area contributed by atoms with Crippen molar-refractivity contribution in [2.24, 2.45) is 0 Å². The lowest BCUT2D eigenvalue weighted by molar-refractivity contribution is 0.127. The van der Waals surface area contributed by atoms with Gasteiger partial charge in [-0.25, -0.2) is 0 Å². The van der Waals surface area contributed by atoms with E-state index in [4.69, 9.17) is 0 Å². The number of nitrogens with zero attached hydrogens (tertiary/aromatic N) is 2. The summed E-state index contributed by atoms with van der Waals surface area (Å²) in [6, 6.07) is 12.3. The highest BCUT2D eigenvalue weighted by molar-refractivity contribution is 5.24. The van der Waals surface area contributed by atoms with E-state index >= 15 is 0 Å². The Labute approximate surface area is 127 Å². The molecule has 0 radical (unpaired) electrons. The fraction of sp³-hybridized carbons (Fsp3) is 0.389. The summed E-state index contributed by atoms with van der Waals surface area (Å²) in [5.74, 6) is 0. The number of aliphatic hydroxyl groups is 1. The Kier molecular flexibility index (Phi) is 5.90. The zero-order chi connectivity index (χ0) is 15.1. The fourth-order valence-electron chi connectivity index (χ4n) is 2.34. The third-order valence-electron chi connectivity index (χ3n) is 3.79. The quantitative estimate of drug-likeness (QED) is 0.849. The van der Waals surface area contributed by atoms with Crippen molar-refractivity contribution in [1.82, 2.24) is 9.88 Å². The lowest BCUT2D eigenvalue weighted by Gasteiger charge is -2.21. The molecule has 3 heteroatoms. The molecule has 21 heavy (non-hydrogen) atoms. The molecule has 112 valence electrons. The van der Waals surface area contributed by atoms with Gasteiger partial charge in [0.2, 0.25) is 0 Å². The number of benzene rings is 1. The zero-order valence-corrected chi connectivity index (χ0v) is 12.9. The first-order valence-corrected chi connectivity index (χ1v) is 7.53. The molecule has 1 heterocycles. The van der Waals surface area contributed by atoms with Crippen molar-refractivity contribution >= 4 is 0 Å². The van der Waals surface area contributed by atoms with Crippen LogP contribution in [0.1, 0.15) is 29.7 Å². The highest BCUT2D eigenvalue weighted by Crippen LogP contribution is 2.15. The maximum Gasteiger partial charge on any atom is 0.0916 e. The Hall–Kier alpha value is -1.71. The minimum absolute atomic E-state index is 0.432. The summed E-state index contributed by atoms with van der Waals surface area (Å²) >= 11 is 0. The van der Waals surface area contributed by atoms with Crippen LogP contribution in [0.2, 0.25) is 0 Å². The number of hydrogen-bond acceptors (Lipinski definition) is 3. The van der Waals surface area contributed by atoms with Crippen LogP contribution in [0.4, 0.5) is 0 Å². The molecule has 0 spiro atoms. The number of aryl methyl sites for hydroxylation is 1. The van der Waals surface area contributed by atoms with Crippen LogP contribution in [-0.4, -0.2) is 35.1 Å². The molecule has 0 aliphatic heterocycles. The van der Waals surface area contributed by atoms with E-state index in [0.717, 1.165) is 24.9 Å². The number of aromatic nitrogens is 1. The van der Waals surface area contributed by atoms with Crippen molar-refractivity contribution in [3.63, 3.8) is 0 Å². The molecule has 3 nitrogen and oxygen atoms in total. The molecule has 1 aromatic carbocycles. The van der Waals surface area contributed by atoms with Crippen LogP contribution < -0.4 is 0 Å². The van der Waals surface area contributed by atoms with E-state index in [-0.39, 0.29) is 0 Å². The van der Waals surface area contributed by atoms with Crippen molar-refractivity contribution in [3.05, 3.63) is 65.5 Å². The molecule has 0 saturated carbocycles. The van der Waals surface area contributed by atoms with Crippen molar-refractivity contribution in [2.75, 3.05) is 20.1 Å². The lowest BCUT2D eigenvalue weighted by atomic mass is 10.1. The van der Waals surface area contributed by atoms with Gasteiger partial charge in [-0.1, -0.05) is 31.2 Å². The highest BCUT2D eigenvalue weighted by atomic mass is 16.3. The topological polar surface area (TPSA) is 36.4 Å². The van der Waals surface area contributed by atoms with Crippen LogP contribution in [0, 0.1) is 0 Å². The maximum atomic E-state index is 10.3. The molecule has 0 bridgehead atoms. The van der Waals surface area contributed by atoms with Crippen molar-refractivity contribution < 1.29 is 5.11 Å². The molecular formula is C18H24N2O. The molecule has 2 aromatic rings. The molecule has 0 fully saturated rings. The summed E-state index contributed by atoms with van der Waals surface area (Å²) < 4.78 is 0. The van der Waals surface area contributed by atoms with Crippen LogP contribution in [0.25, 0.3) is 0 Å². The summed E-state index contributed by atoms with van der Waals surface area (Å²) in [5, 5.41) is 10.3. The Morgan fingerprint density at radius 1 is 1.05 bits per heavy atom. The molecule has 0 aliphatic rings. The first-order valence-electron chi connectivity index (χ1n) is 7.53. The second-order valence-corrected chi connectivity index (χ2v) is 5.48. The Morgan fingerprint density at radius 2 is 1.71 bits per heavy atom. The third-order valence-corrected chi connectivity index (χ3v) is 3.79. The van der Waals surface area contributed by atoms with Crippen molar-refractivity contribution in [3.8, 4) is 0 Å². The van der Waals surface area contributed by atoms with Gasteiger partial charge in [-0.15, -0.1) is 0 Å². The van der Waals surface area contributed by atoms with Gasteiger partial charge in [0.15, 0.2) is 0 Å². The number of pyridine rings is 1. The normalized spacial score (nSPS) is 12.6. The van der Waals surface area contributed by atoms with Gasteiger partial charge in [0.1, 0.15) is 0 Å². The fourth-order valence-corrected chi connectivity index (χ4v) is 2.34. The number of hydrogen-bond donors (Lipinski definition) is 1. The van der Waals surface area contributed by atoms with Gasteiger partial charge in [0.25, 0.3) is 0 Å². The van der Waals surface area contributed by atoms with Gasteiger partial charge < -0.3 is 10.0 Å². The van der Waals surface area contributed by atoms with Crippen LogP contribution in [0.3, 0.4) is 0 Å². The first kappa shape index (κ1) is 15.7. The summed E-state index contributed by atoms with van der Waals surface area (Å²) in [4.78, 5) is 6.19. The van der Waals surface area contributed by atoms with Gasteiger partial charge >= 0.3 is 0 Å². The van der Waals surface area contributed by atoms with Gasteiger partial charge in [-0.05, 0) is 48.7 Å². The second kappa shape index (κ2) is 7.91. The van der Waals surface area contributed by atoms with E-state index in [1.54, 1.807) is 0 Å². The third kappa shape index (κ3) is 4.96. The van der Waals surface area contributed by atoms with Crippen LogP contribution in [-0.2, 0) is 12.8 Å². The zero-order valence-electron chi connectivity index (χ0n) is 12.9. The van der Waals surface area contributed by atoms with Crippen LogP contribution >= 0.6 is 0 Å². The van der Waals surface area contributed by atoms with Gasteiger partial charge in [-0.3, -0.25) is 4.98 Å². The number of rotatable bonds is 7. The van der Waals surface area contributed by atoms with Gasteiger partial charge in [0, 0.05) is 25.5 Å². The molecule has 1 N–H and O–H groups in total. The largest absolute Gasteiger partial charge is 0.387 e. The second-order valence-electron chi connectivity index (χ2n) is 5.48. The summed E-state index contributed by atoms with van der Waals surface area (Å²) in [6.45, 7) is 3.71. The number of likely N-dealkylation sites (N-methyl/N-ethyl adjacent to an activating group) is 1. The SMILES string of the molecule is CCc1ccc(C(O)CN(C)CCc2ccncc2)cc1. The van der Waals surface area contributed by atoms with Crippen molar-refractivity contribution in [1.29, 1.82) is 0 Å². The summed E-state index contributed by atoms with van der Waals surface area (Å²) in [5.41, 5.74) is 3.57. The van der Waals surface area contributed by atoms with E-state index in [1.165, 1.54) is 11.1 Å². The molecular weight excluding hydrogens is 260 g/mol. The molecule has 1 atom stereocenters. The van der Waals surface area contributed by atoms with Crippen LogP contribution in [0.5, 0.6) is 0 Å². The summed E-state index contributed by atoms with van der Waals surface area (Å²) in [6.07, 6.45) is 5.21. The van der Waals surface area contributed by atoms with Crippen LogP contribution in [0.15, 0.2) is 48.8 Å². The molecule has 2 rings (SSSR count). The summed E-state index contributed by atoms with van der Waals surface area (Å²) in [7, 11) is 2.05. The predicted octanol–water partition coefficient (Wildman–Crippen LogP) is 2.85. The average Bonchev–Trinajstić information content (AvgIpc) is 2.54. The number of aliphatic hydroxyl groups excluding tert-OH is 1. The van der Waals surface area contributed by atoms with E-state index < -0.39 is 6.10 Å². The molecule has 0 amide bonds. The van der Waals surface area contributed by atoms with E-state index in [0.29, 0.717) is 6.54 Å². The lowest BCUT2D eigenvalue weighted by Crippen LogP contribution is -2.26. The molecule has 0 aliphatic carbocycles. The first-order chi connectivity index (χ1) is 10.2. The maximum absolute atomic E-state index is 10.3. The van der Waals surface area contributed by atoms with Gasteiger partial charge in [0.05, 0.1) is 6.10 Å². The van der Waals surface area contributed by atoms with E-state index in [2.05, 4.69) is 28.9 Å². The monoisotopic (exact) mass is 284 g/mol. The molecule has 1 aromatic heterocycles. The standard InChI is InChI=1S/C18H24N2O/c1-3-15-4-6-17(7-5-15)18(21)14-20(2)13-10-16-8-11-19-12-9-16/h4-9,11-12,18,21H,3,10,13-14H2,1-2H3. The minimum atomic E-state index is -0.432. The van der Waals surface area contributed by atoms with E-state index in [9.17, 15) is 5.11 Å². The Balaban J connectivity index is 1.82. The van der Waals surface area contributed by atoms with Gasteiger partial charge in [-0.2, -0.15) is 0 Å². The smallest absolute Gasteiger partial charge is 0.0916 e. The Bertz CT molecular complexity index is 525. The molecule has 1 unspecified atom stereocenters. The Morgan fingerprint density at radius 3 is 2.33 bits per heavy atom. The minimum Gasteiger partial charge on any atom is -0.387 e. The van der Waals surface area contributed by atoms with Crippen molar-refractivity contribution in [2.45, 2.75) is 25.9 Å². The predicted molar refractivity (Wildman–Crippen MR) is 86.2 cm³/mol. The highest BCUT2D eigenvalue weighted by Gasteiger charge is 2.10. The van der Waals surface area contributed by atoms with E-state index in [1.807, 2.05) is 43.7 Å². The molecule has 0 saturated heterocycles. The average molecular weight is 284 g/mol.